The summed E-state index contributed by atoms with van der Waals surface area (Å²) in [6.45, 7) is 0.550. The van der Waals surface area contributed by atoms with Crippen LogP contribution in [-0.4, -0.2) is 35.7 Å². The minimum absolute atomic E-state index is 0.193. The topological polar surface area (TPSA) is 75.6 Å². The predicted octanol–water partition coefficient (Wildman–Crippen LogP) is 1.95. The molecule has 0 radical (unpaired) electrons. The molecule has 1 heterocycles. The zero-order valence-electron chi connectivity index (χ0n) is 10.5. The molecule has 0 spiro atoms. The van der Waals surface area contributed by atoms with E-state index in [2.05, 4.69) is 21.2 Å². The molecule has 5 nitrogen and oxygen atoms in total. The molecule has 2 rings (SSSR count). The van der Waals surface area contributed by atoms with Crippen LogP contribution in [0.3, 0.4) is 0 Å². The van der Waals surface area contributed by atoms with Crippen molar-refractivity contribution in [3.05, 3.63) is 34.1 Å². The van der Waals surface area contributed by atoms with Crippen LogP contribution in [0.1, 0.15) is 23.2 Å². The smallest absolute Gasteiger partial charge is 0.329 e. The van der Waals surface area contributed by atoms with Crippen molar-refractivity contribution >= 4 is 27.8 Å². The van der Waals surface area contributed by atoms with Crippen LogP contribution in [0.4, 0.5) is 4.39 Å². The standard InChI is InChI=1S/C13H13BrFNO4/c14-10-7-8(15)1-2-9(10)11(17)16-13(12(18)19)3-5-20-6-4-13/h1-2,7H,3-6H2,(H,16,17)(H,18,19). The summed E-state index contributed by atoms with van der Waals surface area (Å²) in [5.74, 6) is -2.12. The van der Waals surface area contributed by atoms with Crippen molar-refractivity contribution in [3.8, 4) is 0 Å². The monoisotopic (exact) mass is 345 g/mol. The van der Waals surface area contributed by atoms with Gasteiger partial charge in [-0.1, -0.05) is 0 Å². The molecule has 0 bridgehead atoms. The summed E-state index contributed by atoms with van der Waals surface area (Å²) >= 11 is 3.09. The van der Waals surface area contributed by atoms with Crippen LogP contribution in [0.2, 0.25) is 0 Å². The maximum atomic E-state index is 13.0. The molecule has 20 heavy (non-hydrogen) atoms. The number of aliphatic carboxylic acids is 1. The van der Waals surface area contributed by atoms with Crippen LogP contribution >= 0.6 is 15.9 Å². The second-order valence-corrected chi connectivity index (χ2v) is 5.43. The Morgan fingerprint density at radius 2 is 2.00 bits per heavy atom. The largest absolute Gasteiger partial charge is 0.480 e. The number of hydrogen-bond acceptors (Lipinski definition) is 3. The van der Waals surface area contributed by atoms with E-state index in [9.17, 15) is 19.1 Å². The Kier molecular flexibility index (Phi) is 4.39. The third-order valence-corrected chi connectivity index (χ3v) is 3.94. The van der Waals surface area contributed by atoms with Gasteiger partial charge in [0, 0.05) is 30.5 Å². The van der Waals surface area contributed by atoms with Crippen molar-refractivity contribution < 1.29 is 23.8 Å². The maximum absolute atomic E-state index is 13.0. The Balaban J connectivity index is 2.22. The van der Waals surface area contributed by atoms with E-state index in [1.165, 1.54) is 6.07 Å². The first-order valence-electron chi connectivity index (χ1n) is 6.03. The van der Waals surface area contributed by atoms with E-state index in [4.69, 9.17) is 4.74 Å². The molecule has 1 aliphatic heterocycles. The molecule has 1 aromatic carbocycles. The van der Waals surface area contributed by atoms with Crippen molar-refractivity contribution in [3.63, 3.8) is 0 Å². The van der Waals surface area contributed by atoms with Gasteiger partial charge in [0.1, 0.15) is 11.4 Å². The molecule has 1 saturated heterocycles. The van der Waals surface area contributed by atoms with Crippen LogP contribution in [0.5, 0.6) is 0 Å². The van der Waals surface area contributed by atoms with E-state index in [0.29, 0.717) is 0 Å². The third kappa shape index (κ3) is 2.99. The van der Waals surface area contributed by atoms with Gasteiger partial charge in [-0.15, -0.1) is 0 Å². The summed E-state index contributed by atoms with van der Waals surface area (Å²) in [4.78, 5) is 23.6. The number of ether oxygens (including phenoxy) is 1. The first kappa shape index (κ1) is 14.9. The summed E-state index contributed by atoms with van der Waals surface area (Å²) in [5, 5.41) is 11.9. The van der Waals surface area contributed by atoms with Crippen LogP contribution in [-0.2, 0) is 9.53 Å². The Labute approximate surface area is 123 Å². The highest BCUT2D eigenvalue weighted by molar-refractivity contribution is 9.10. The number of nitrogens with one attached hydrogen (secondary N) is 1. The Morgan fingerprint density at radius 1 is 1.35 bits per heavy atom. The van der Waals surface area contributed by atoms with Crippen molar-refractivity contribution in [1.82, 2.24) is 5.32 Å². The fourth-order valence-electron chi connectivity index (χ4n) is 2.07. The molecule has 2 N–H and O–H groups in total. The van der Waals surface area contributed by atoms with Gasteiger partial charge < -0.3 is 15.2 Å². The van der Waals surface area contributed by atoms with Crippen molar-refractivity contribution in [2.45, 2.75) is 18.4 Å². The van der Waals surface area contributed by atoms with Gasteiger partial charge in [-0.2, -0.15) is 0 Å². The van der Waals surface area contributed by atoms with Gasteiger partial charge in [0.25, 0.3) is 5.91 Å². The van der Waals surface area contributed by atoms with Gasteiger partial charge >= 0.3 is 5.97 Å². The Bertz CT molecular complexity index is 543. The molecular weight excluding hydrogens is 333 g/mol. The number of carboxylic acid groups (broad SMARTS) is 1. The van der Waals surface area contributed by atoms with Crippen LogP contribution in [0.15, 0.2) is 22.7 Å². The van der Waals surface area contributed by atoms with E-state index in [1.807, 2.05) is 0 Å². The highest BCUT2D eigenvalue weighted by Gasteiger charge is 2.41. The highest BCUT2D eigenvalue weighted by atomic mass is 79.9. The summed E-state index contributed by atoms with van der Waals surface area (Å²) in [6.07, 6.45) is 0.403. The first-order chi connectivity index (χ1) is 9.44. The molecule has 108 valence electrons. The second-order valence-electron chi connectivity index (χ2n) is 4.58. The van der Waals surface area contributed by atoms with Crippen molar-refractivity contribution in [2.75, 3.05) is 13.2 Å². The van der Waals surface area contributed by atoms with Crippen LogP contribution in [0, 0.1) is 5.82 Å². The summed E-state index contributed by atoms with van der Waals surface area (Å²) < 4.78 is 18.4. The molecular formula is C13H13BrFNO4. The van der Waals surface area contributed by atoms with Gasteiger partial charge in [0.2, 0.25) is 0 Å². The molecule has 1 aromatic rings. The number of halogens is 2. The Morgan fingerprint density at radius 3 is 2.55 bits per heavy atom. The van der Waals surface area contributed by atoms with Gasteiger partial charge in [-0.25, -0.2) is 9.18 Å². The SMILES string of the molecule is O=C(NC1(C(=O)O)CCOCC1)c1ccc(F)cc1Br. The number of hydrogen-bond donors (Lipinski definition) is 2. The van der Waals surface area contributed by atoms with Crippen molar-refractivity contribution in [1.29, 1.82) is 0 Å². The number of carbonyl (C=O) groups excluding carboxylic acids is 1. The highest BCUT2D eigenvalue weighted by Crippen LogP contribution is 2.24. The quantitative estimate of drug-likeness (QED) is 0.877. The predicted molar refractivity (Wildman–Crippen MR) is 72.0 cm³/mol. The van der Waals surface area contributed by atoms with Gasteiger partial charge in [-0.3, -0.25) is 4.79 Å². The lowest BCUT2D eigenvalue weighted by Gasteiger charge is -2.33. The van der Waals surface area contributed by atoms with Crippen molar-refractivity contribution in [2.24, 2.45) is 0 Å². The lowest BCUT2D eigenvalue weighted by molar-refractivity contribution is -0.148. The van der Waals surface area contributed by atoms with E-state index in [1.54, 1.807) is 0 Å². The van der Waals surface area contributed by atoms with E-state index in [-0.39, 0.29) is 36.1 Å². The Hall–Kier alpha value is -1.47. The minimum atomic E-state index is -1.33. The van der Waals surface area contributed by atoms with Gasteiger partial charge in [0.15, 0.2) is 0 Å². The molecule has 1 aliphatic rings. The average molecular weight is 346 g/mol. The lowest BCUT2D eigenvalue weighted by Crippen LogP contribution is -2.57. The molecule has 0 saturated carbocycles. The number of carboxylic acids is 1. The van der Waals surface area contributed by atoms with Gasteiger partial charge in [0.05, 0.1) is 5.56 Å². The first-order valence-corrected chi connectivity index (χ1v) is 6.83. The number of carbonyl (C=O) groups is 2. The summed E-state index contributed by atoms with van der Waals surface area (Å²) in [7, 11) is 0. The third-order valence-electron chi connectivity index (χ3n) is 3.28. The van der Waals surface area contributed by atoms with E-state index >= 15 is 0 Å². The number of benzene rings is 1. The van der Waals surface area contributed by atoms with Crippen LogP contribution < -0.4 is 5.32 Å². The number of amides is 1. The molecule has 1 amide bonds. The zero-order valence-corrected chi connectivity index (χ0v) is 12.1. The second kappa shape index (κ2) is 5.88. The normalized spacial score (nSPS) is 17.5. The average Bonchev–Trinajstić information content (AvgIpc) is 2.39. The molecule has 0 unspecified atom stereocenters. The fourth-order valence-corrected chi connectivity index (χ4v) is 2.60. The van der Waals surface area contributed by atoms with E-state index < -0.39 is 23.2 Å². The molecule has 0 atom stereocenters. The fraction of sp³-hybridized carbons (Fsp3) is 0.385. The molecule has 1 fully saturated rings. The van der Waals surface area contributed by atoms with Crippen LogP contribution in [0.25, 0.3) is 0 Å². The molecule has 0 aliphatic carbocycles. The lowest BCUT2D eigenvalue weighted by atomic mass is 9.89. The maximum Gasteiger partial charge on any atom is 0.329 e. The number of rotatable bonds is 3. The summed E-state index contributed by atoms with van der Waals surface area (Å²) in [6, 6.07) is 3.62. The van der Waals surface area contributed by atoms with E-state index in [0.717, 1.165) is 12.1 Å². The minimum Gasteiger partial charge on any atom is -0.480 e. The zero-order chi connectivity index (χ0) is 14.8. The summed E-state index contributed by atoms with van der Waals surface area (Å²) in [5.41, 5.74) is -1.14. The molecule has 7 heteroatoms. The molecule has 0 aromatic heterocycles. The van der Waals surface area contributed by atoms with Gasteiger partial charge in [-0.05, 0) is 34.1 Å².